The van der Waals surface area contributed by atoms with Crippen LogP contribution in [0.4, 0.5) is 0 Å². The van der Waals surface area contributed by atoms with Gasteiger partial charge in [-0.1, -0.05) is 77.8 Å². The summed E-state index contributed by atoms with van der Waals surface area (Å²) in [5.41, 5.74) is 0.893. The van der Waals surface area contributed by atoms with Crippen molar-refractivity contribution in [2.24, 2.45) is 0 Å². The summed E-state index contributed by atoms with van der Waals surface area (Å²) in [7, 11) is -2.21. The van der Waals surface area contributed by atoms with Gasteiger partial charge >= 0.3 is 0 Å². The molecule has 0 heterocycles. The van der Waals surface area contributed by atoms with Crippen LogP contribution in [-0.2, 0) is 32.6 Å². The van der Waals surface area contributed by atoms with Crippen molar-refractivity contribution < 1.29 is 18.0 Å². The summed E-state index contributed by atoms with van der Waals surface area (Å²) >= 11 is 13.0. The van der Waals surface area contributed by atoms with Gasteiger partial charge < -0.3 is 10.2 Å². The number of benzene rings is 3. The summed E-state index contributed by atoms with van der Waals surface area (Å²) in [5.74, 6) is -0.613. The van der Waals surface area contributed by atoms with Crippen LogP contribution in [0.3, 0.4) is 0 Å². The number of hydrogen-bond acceptors (Lipinski definition) is 4. The third-order valence-electron chi connectivity index (χ3n) is 6.47. The van der Waals surface area contributed by atoms with Gasteiger partial charge in [-0.3, -0.25) is 9.59 Å². The standard InChI is InChI=1S/C31H37Cl2N3O4S/c1-31(2,3)34-30(38)28(21-23-13-7-5-8-14-23)36(22-25-26(32)17-11-18-27(25)33)29(37)19-12-20-35(4)41(39,40)24-15-9-6-10-16-24/h5-11,13-18,28H,12,19-22H2,1-4H3,(H,34,38)/t28-/m0/s1. The summed E-state index contributed by atoms with van der Waals surface area (Å²) in [6.07, 6.45) is 0.552. The molecule has 0 radical (unpaired) electrons. The van der Waals surface area contributed by atoms with E-state index in [4.69, 9.17) is 23.2 Å². The minimum atomic E-state index is -3.70. The molecule has 0 aliphatic carbocycles. The topological polar surface area (TPSA) is 86.8 Å². The van der Waals surface area contributed by atoms with E-state index in [2.05, 4.69) is 5.32 Å². The second kappa shape index (κ2) is 14.3. The van der Waals surface area contributed by atoms with Crippen LogP contribution in [0.2, 0.25) is 10.0 Å². The molecule has 1 N–H and O–H groups in total. The fourth-order valence-corrected chi connectivity index (χ4v) is 6.10. The average Bonchev–Trinajstić information content (AvgIpc) is 2.92. The third kappa shape index (κ3) is 9.30. The van der Waals surface area contributed by atoms with Gasteiger partial charge in [0.05, 0.1) is 4.90 Å². The largest absolute Gasteiger partial charge is 0.350 e. The van der Waals surface area contributed by atoms with Gasteiger partial charge in [-0.2, -0.15) is 0 Å². The van der Waals surface area contributed by atoms with Crippen LogP contribution in [-0.4, -0.2) is 54.6 Å². The third-order valence-corrected chi connectivity index (χ3v) is 9.05. The lowest BCUT2D eigenvalue weighted by atomic mass is 10.00. The lowest BCUT2D eigenvalue weighted by molar-refractivity contribution is -0.142. The predicted octanol–water partition coefficient (Wildman–Crippen LogP) is 5.95. The van der Waals surface area contributed by atoms with Gasteiger partial charge in [-0.15, -0.1) is 0 Å². The Morgan fingerprint density at radius 1 is 0.878 bits per heavy atom. The SMILES string of the molecule is CN(CCCC(=O)N(Cc1c(Cl)cccc1Cl)[C@@H](Cc1ccccc1)C(=O)NC(C)(C)C)S(=O)(=O)c1ccccc1. The number of sulfonamides is 1. The molecule has 0 bridgehead atoms. The zero-order valence-corrected chi connectivity index (χ0v) is 26.1. The van der Waals surface area contributed by atoms with Crippen molar-refractivity contribution in [1.29, 1.82) is 0 Å². The van der Waals surface area contributed by atoms with Gasteiger partial charge in [0.2, 0.25) is 21.8 Å². The quantitative estimate of drug-likeness (QED) is 0.272. The van der Waals surface area contributed by atoms with E-state index in [0.717, 1.165) is 5.56 Å². The Balaban J connectivity index is 1.89. The van der Waals surface area contributed by atoms with Gasteiger partial charge in [0.25, 0.3) is 0 Å². The van der Waals surface area contributed by atoms with E-state index in [1.165, 1.54) is 28.4 Å². The van der Waals surface area contributed by atoms with Crippen LogP contribution in [0.5, 0.6) is 0 Å². The molecule has 0 saturated carbocycles. The maximum Gasteiger partial charge on any atom is 0.243 e. The highest BCUT2D eigenvalue weighted by atomic mass is 35.5. The maximum absolute atomic E-state index is 13.9. The average molecular weight is 619 g/mol. The summed E-state index contributed by atoms with van der Waals surface area (Å²) in [6, 6.07) is 21.9. The normalized spacial score (nSPS) is 12.7. The molecule has 2 amide bonds. The van der Waals surface area contributed by atoms with Gasteiger partial charge in [-0.05, 0) is 57.0 Å². The molecule has 0 aliphatic rings. The first kappa shape index (κ1) is 32.6. The highest BCUT2D eigenvalue weighted by Gasteiger charge is 2.33. The van der Waals surface area contributed by atoms with Gasteiger partial charge in [-0.25, -0.2) is 12.7 Å². The molecule has 3 aromatic rings. The van der Waals surface area contributed by atoms with Crippen LogP contribution in [0.1, 0.15) is 44.7 Å². The Kier molecular flexibility index (Phi) is 11.4. The molecule has 220 valence electrons. The van der Waals surface area contributed by atoms with Gasteiger partial charge in [0.15, 0.2) is 0 Å². The zero-order valence-electron chi connectivity index (χ0n) is 23.8. The van der Waals surface area contributed by atoms with Crippen LogP contribution < -0.4 is 5.32 Å². The Labute approximate surface area is 253 Å². The summed E-state index contributed by atoms with van der Waals surface area (Å²) in [5, 5.41) is 3.79. The molecule has 41 heavy (non-hydrogen) atoms. The van der Waals surface area contributed by atoms with Crippen LogP contribution in [0.25, 0.3) is 0 Å². The Bertz CT molecular complexity index is 1410. The smallest absolute Gasteiger partial charge is 0.243 e. The fourth-order valence-electron chi connectivity index (χ4n) is 4.35. The number of nitrogens with zero attached hydrogens (tertiary/aromatic N) is 2. The van der Waals surface area contributed by atoms with Crippen LogP contribution in [0, 0.1) is 0 Å². The Hall–Kier alpha value is -2.91. The van der Waals surface area contributed by atoms with Crippen LogP contribution in [0.15, 0.2) is 83.8 Å². The molecule has 0 aliphatic heterocycles. The van der Waals surface area contributed by atoms with Crippen molar-refractivity contribution in [3.63, 3.8) is 0 Å². The molecule has 3 rings (SSSR count). The molecule has 0 saturated heterocycles. The van der Waals surface area contributed by atoms with E-state index in [1.807, 2.05) is 51.1 Å². The lowest BCUT2D eigenvalue weighted by Crippen LogP contribution is -2.54. The highest BCUT2D eigenvalue weighted by Crippen LogP contribution is 2.28. The number of nitrogens with one attached hydrogen (secondary N) is 1. The number of hydrogen-bond donors (Lipinski definition) is 1. The van der Waals surface area contributed by atoms with Crippen molar-refractivity contribution >= 4 is 45.0 Å². The van der Waals surface area contributed by atoms with E-state index in [-0.39, 0.29) is 49.1 Å². The maximum atomic E-state index is 13.9. The van der Waals surface area contributed by atoms with Crippen molar-refractivity contribution in [2.45, 2.75) is 63.1 Å². The lowest BCUT2D eigenvalue weighted by Gasteiger charge is -2.34. The molecule has 0 aromatic heterocycles. The summed E-state index contributed by atoms with van der Waals surface area (Å²) < 4.78 is 27.1. The first-order valence-electron chi connectivity index (χ1n) is 13.4. The molecule has 1 atom stereocenters. The number of halogens is 2. The van der Waals surface area contributed by atoms with Gasteiger partial charge in [0.1, 0.15) is 6.04 Å². The number of carbonyl (C=O) groups excluding carboxylic acids is 2. The van der Waals surface area contributed by atoms with Gasteiger partial charge in [0, 0.05) is 54.1 Å². The molecule has 3 aromatic carbocycles. The van der Waals surface area contributed by atoms with E-state index in [1.54, 1.807) is 36.4 Å². The Morgan fingerprint density at radius 3 is 2.00 bits per heavy atom. The zero-order chi connectivity index (χ0) is 30.2. The number of amides is 2. The highest BCUT2D eigenvalue weighted by molar-refractivity contribution is 7.89. The molecular formula is C31H37Cl2N3O4S. The first-order valence-corrected chi connectivity index (χ1v) is 15.6. The second-order valence-corrected chi connectivity index (χ2v) is 13.8. The monoisotopic (exact) mass is 617 g/mol. The van der Waals surface area contributed by atoms with Crippen molar-refractivity contribution in [3.05, 3.63) is 100 Å². The van der Waals surface area contributed by atoms with Crippen molar-refractivity contribution in [3.8, 4) is 0 Å². The number of carbonyl (C=O) groups is 2. The Morgan fingerprint density at radius 2 is 1.44 bits per heavy atom. The molecule has 10 heteroatoms. The van der Waals surface area contributed by atoms with E-state index in [0.29, 0.717) is 15.6 Å². The molecule has 0 unspecified atom stereocenters. The molecular weight excluding hydrogens is 581 g/mol. The predicted molar refractivity (Wildman–Crippen MR) is 164 cm³/mol. The molecule has 7 nitrogen and oxygen atoms in total. The van der Waals surface area contributed by atoms with E-state index < -0.39 is 21.6 Å². The first-order chi connectivity index (χ1) is 19.3. The minimum absolute atomic E-state index is 0.0184. The fraction of sp³-hybridized carbons (Fsp3) is 0.355. The van der Waals surface area contributed by atoms with Crippen molar-refractivity contribution in [1.82, 2.24) is 14.5 Å². The molecule has 0 spiro atoms. The second-order valence-electron chi connectivity index (χ2n) is 10.9. The summed E-state index contributed by atoms with van der Waals surface area (Å²) in [4.78, 5) is 29.2. The summed E-state index contributed by atoms with van der Waals surface area (Å²) in [6.45, 7) is 5.78. The van der Waals surface area contributed by atoms with E-state index >= 15 is 0 Å². The van der Waals surface area contributed by atoms with Crippen LogP contribution >= 0.6 is 23.2 Å². The van der Waals surface area contributed by atoms with E-state index in [9.17, 15) is 18.0 Å². The minimum Gasteiger partial charge on any atom is -0.350 e. The molecule has 0 fully saturated rings. The van der Waals surface area contributed by atoms with Crippen molar-refractivity contribution in [2.75, 3.05) is 13.6 Å². The number of rotatable bonds is 12.